The molecule has 0 saturated carbocycles. The molecule has 2 aromatic rings. The van der Waals surface area contributed by atoms with Gasteiger partial charge in [0, 0.05) is 29.9 Å². The minimum Gasteiger partial charge on any atom is -0.379 e. The van der Waals surface area contributed by atoms with Crippen LogP contribution in [-0.2, 0) is 10.2 Å². The van der Waals surface area contributed by atoms with Crippen LogP contribution in [0.1, 0.15) is 5.69 Å². The van der Waals surface area contributed by atoms with Gasteiger partial charge in [0.15, 0.2) is 0 Å². The van der Waals surface area contributed by atoms with Crippen molar-refractivity contribution in [2.24, 2.45) is 5.73 Å². The van der Waals surface area contributed by atoms with Crippen LogP contribution in [0.3, 0.4) is 0 Å². The standard InChI is InChI=1S/C12H13N3OS/c13-6-12(7-16-8-12)10-5-17-11(15-10)9-1-3-14-4-2-9/h1-5H,6-8,13H2. The van der Waals surface area contributed by atoms with E-state index in [1.54, 1.807) is 23.7 Å². The second-order valence-corrected chi connectivity index (χ2v) is 5.11. The molecule has 0 spiro atoms. The summed E-state index contributed by atoms with van der Waals surface area (Å²) in [5.41, 5.74) is 7.93. The molecule has 0 unspecified atom stereocenters. The molecule has 2 N–H and O–H groups in total. The third-order valence-electron chi connectivity index (χ3n) is 3.12. The van der Waals surface area contributed by atoms with Gasteiger partial charge in [-0.1, -0.05) is 0 Å². The van der Waals surface area contributed by atoms with Gasteiger partial charge in [-0.3, -0.25) is 4.98 Å². The van der Waals surface area contributed by atoms with E-state index in [-0.39, 0.29) is 5.41 Å². The SMILES string of the molecule is NCC1(c2csc(-c3ccncc3)n2)COC1. The fourth-order valence-corrected chi connectivity index (χ4v) is 2.81. The van der Waals surface area contributed by atoms with Gasteiger partial charge in [-0.05, 0) is 12.1 Å². The molecule has 17 heavy (non-hydrogen) atoms. The van der Waals surface area contributed by atoms with Crippen molar-refractivity contribution in [3.8, 4) is 10.6 Å². The van der Waals surface area contributed by atoms with Crippen LogP contribution in [0.25, 0.3) is 10.6 Å². The molecule has 5 heteroatoms. The van der Waals surface area contributed by atoms with Crippen LogP contribution in [0.2, 0.25) is 0 Å². The van der Waals surface area contributed by atoms with E-state index in [0.717, 1.165) is 16.3 Å². The predicted octanol–water partition coefficient (Wildman–Crippen LogP) is 1.43. The van der Waals surface area contributed by atoms with E-state index in [0.29, 0.717) is 19.8 Å². The predicted molar refractivity (Wildman–Crippen MR) is 66.9 cm³/mol. The molecule has 1 aliphatic rings. The Balaban J connectivity index is 1.93. The fraction of sp³-hybridized carbons (Fsp3) is 0.333. The van der Waals surface area contributed by atoms with Gasteiger partial charge in [-0.15, -0.1) is 11.3 Å². The molecule has 0 radical (unpaired) electrons. The molecule has 1 fully saturated rings. The van der Waals surface area contributed by atoms with Crippen molar-refractivity contribution in [1.82, 2.24) is 9.97 Å². The number of nitrogens with zero attached hydrogens (tertiary/aromatic N) is 2. The van der Waals surface area contributed by atoms with E-state index < -0.39 is 0 Å². The first-order valence-corrected chi connectivity index (χ1v) is 6.36. The Bertz CT molecular complexity index is 502. The number of aromatic nitrogens is 2. The highest BCUT2D eigenvalue weighted by Gasteiger charge is 2.41. The Morgan fingerprint density at radius 3 is 2.71 bits per heavy atom. The summed E-state index contributed by atoms with van der Waals surface area (Å²) in [5.74, 6) is 0. The van der Waals surface area contributed by atoms with E-state index in [2.05, 4.69) is 15.3 Å². The quantitative estimate of drug-likeness (QED) is 0.891. The Labute approximate surface area is 103 Å². The second-order valence-electron chi connectivity index (χ2n) is 4.25. The van der Waals surface area contributed by atoms with E-state index >= 15 is 0 Å². The van der Waals surface area contributed by atoms with Gasteiger partial charge < -0.3 is 10.5 Å². The third kappa shape index (κ3) is 1.76. The van der Waals surface area contributed by atoms with Gasteiger partial charge in [-0.25, -0.2) is 4.98 Å². The zero-order valence-corrected chi connectivity index (χ0v) is 10.1. The molecule has 2 aromatic heterocycles. The highest BCUT2D eigenvalue weighted by Crippen LogP contribution is 2.34. The molecular weight excluding hydrogens is 234 g/mol. The van der Waals surface area contributed by atoms with E-state index in [4.69, 9.17) is 10.5 Å². The summed E-state index contributed by atoms with van der Waals surface area (Å²) in [5, 5.41) is 3.10. The molecule has 0 aromatic carbocycles. The van der Waals surface area contributed by atoms with Gasteiger partial charge in [0.2, 0.25) is 0 Å². The molecule has 3 heterocycles. The average molecular weight is 247 g/mol. The monoisotopic (exact) mass is 247 g/mol. The Hall–Kier alpha value is -1.30. The second kappa shape index (κ2) is 4.18. The van der Waals surface area contributed by atoms with Gasteiger partial charge in [-0.2, -0.15) is 0 Å². The maximum Gasteiger partial charge on any atom is 0.123 e. The van der Waals surface area contributed by atoms with Gasteiger partial charge in [0.05, 0.1) is 24.3 Å². The summed E-state index contributed by atoms with van der Waals surface area (Å²) in [6.45, 7) is 1.96. The Morgan fingerprint density at radius 1 is 1.35 bits per heavy atom. The summed E-state index contributed by atoms with van der Waals surface area (Å²) >= 11 is 1.64. The normalized spacial score (nSPS) is 17.7. The zero-order chi connectivity index (χ0) is 11.7. The number of rotatable bonds is 3. The van der Waals surface area contributed by atoms with Crippen LogP contribution in [0, 0.1) is 0 Å². The molecule has 88 valence electrons. The van der Waals surface area contributed by atoms with E-state index in [1.807, 2.05) is 12.1 Å². The molecule has 0 bridgehead atoms. The molecule has 0 aliphatic carbocycles. The number of hydrogen-bond donors (Lipinski definition) is 1. The molecule has 3 rings (SSSR count). The third-order valence-corrected chi connectivity index (χ3v) is 4.01. The van der Waals surface area contributed by atoms with Crippen molar-refractivity contribution in [1.29, 1.82) is 0 Å². The minimum atomic E-state index is -0.0538. The van der Waals surface area contributed by atoms with E-state index in [9.17, 15) is 0 Å². The van der Waals surface area contributed by atoms with Crippen LogP contribution < -0.4 is 5.73 Å². The first kappa shape index (κ1) is 10.8. The number of nitrogens with two attached hydrogens (primary N) is 1. The fourth-order valence-electron chi connectivity index (χ4n) is 1.86. The van der Waals surface area contributed by atoms with Crippen LogP contribution >= 0.6 is 11.3 Å². The molecule has 4 nitrogen and oxygen atoms in total. The largest absolute Gasteiger partial charge is 0.379 e. The Kier molecular flexibility index (Phi) is 2.66. The van der Waals surface area contributed by atoms with Gasteiger partial charge >= 0.3 is 0 Å². The number of hydrogen-bond acceptors (Lipinski definition) is 5. The lowest BCUT2D eigenvalue weighted by Gasteiger charge is -2.39. The molecule has 1 aliphatic heterocycles. The van der Waals surface area contributed by atoms with Crippen molar-refractivity contribution >= 4 is 11.3 Å². The first-order chi connectivity index (χ1) is 8.34. The van der Waals surface area contributed by atoms with Gasteiger partial charge in [0.1, 0.15) is 5.01 Å². The summed E-state index contributed by atoms with van der Waals surface area (Å²) in [6.07, 6.45) is 3.56. The van der Waals surface area contributed by atoms with Crippen LogP contribution in [0.5, 0.6) is 0 Å². The van der Waals surface area contributed by atoms with Crippen molar-refractivity contribution in [3.05, 3.63) is 35.6 Å². The van der Waals surface area contributed by atoms with Crippen LogP contribution in [0.4, 0.5) is 0 Å². The van der Waals surface area contributed by atoms with Crippen molar-refractivity contribution in [2.75, 3.05) is 19.8 Å². The van der Waals surface area contributed by atoms with Gasteiger partial charge in [0.25, 0.3) is 0 Å². The lowest BCUT2D eigenvalue weighted by Crippen LogP contribution is -2.52. The lowest BCUT2D eigenvalue weighted by molar-refractivity contribution is -0.0568. The molecule has 0 amide bonds. The average Bonchev–Trinajstić information content (AvgIpc) is 2.80. The molecular formula is C12H13N3OS. The maximum atomic E-state index is 5.82. The topological polar surface area (TPSA) is 61.0 Å². The Morgan fingerprint density at radius 2 is 2.12 bits per heavy atom. The van der Waals surface area contributed by atoms with E-state index in [1.165, 1.54) is 0 Å². The maximum absolute atomic E-state index is 5.82. The minimum absolute atomic E-state index is 0.0538. The van der Waals surface area contributed by atoms with Crippen LogP contribution in [-0.4, -0.2) is 29.7 Å². The van der Waals surface area contributed by atoms with Crippen molar-refractivity contribution in [3.63, 3.8) is 0 Å². The highest BCUT2D eigenvalue weighted by atomic mass is 32.1. The van der Waals surface area contributed by atoms with Crippen LogP contribution in [0.15, 0.2) is 29.9 Å². The highest BCUT2D eigenvalue weighted by molar-refractivity contribution is 7.13. The zero-order valence-electron chi connectivity index (χ0n) is 9.30. The summed E-state index contributed by atoms with van der Waals surface area (Å²) in [7, 11) is 0. The molecule has 0 atom stereocenters. The first-order valence-electron chi connectivity index (χ1n) is 5.48. The number of ether oxygens (including phenoxy) is 1. The number of thiazole rings is 1. The van der Waals surface area contributed by atoms with Crippen molar-refractivity contribution < 1.29 is 4.74 Å². The van der Waals surface area contributed by atoms with Crippen molar-refractivity contribution in [2.45, 2.75) is 5.41 Å². The smallest absolute Gasteiger partial charge is 0.123 e. The summed E-state index contributed by atoms with van der Waals surface area (Å²) < 4.78 is 5.27. The summed E-state index contributed by atoms with van der Waals surface area (Å²) in [4.78, 5) is 8.68. The number of pyridine rings is 1. The lowest BCUT2D eigenvalue weighted by atomic mass is 9.83. The molecule has 1 saturated heterocycles. The summed E-state index contributed by atoms with van der Waals surface area (Å²) in [6, 6.07) is 3.93.